The maximum absolute atomic E-state index is 11.0. The van der Waals surface area contributed by atoms with E-state index in [1.807, 2.05) is 0 Å². The molecule has 14 heavy (non-hydrogen) atoms. The molecule has 4 nitrogen and oxygen atoms in total. The molecule has 0 aliphatic heterocycles. The first-order chi connectivity index (χ1) is 6.45. The van der Waals surface area contributed by atoms with Crippen molar-refractivity contribution in [2.24, 2.45) is 0 Å². The summed E-state index contributed by atoms with van der Waals surface area (Å²) in [6.45, 7) is 1.61. The van der Waals surface area contributed by atoms with Crippen LogP contribution >= 0.6 is 34.2 Å². The van der Waals surface area contributed by atoms with Gasteiger partial charge in [0, 0.05) is 0 Å². The van der Waals surface area contributed by atoms with Crippen molar-refractivity contribution in [2.45, 2.75) is 6.92 Å². The number of aryl methyl sites for hydroxylation is 1. The van der Waals surface area contributed by atoms with Gasteiger partial charge in [-0.15, -0.1) is 0 Å². The SMILES string of the molecule is Cc1ccc(I)c([N+](=O)[O-])c1C(=O)Cl. The Morgan fingerprint density at radius 1 is 1.57 bits per heavy atom. The molecule has 0 aliphatic carbocycles. The van der Waals surface area contributed by atoms with Gasteiger partial charge in [-0.05, 0) is 52.7 Å². The van der Waals surface area contributed by atoms with Crippen molar-refractivity contribution >= 4 is 45.1 Å². The summed E-state index contributed by atoms with van der Waals surface area (Å²) in [6, 6.07) is 3.21. The van der Waals surface area contributed by atoms with Crippen molar-refractivity contribution in [1.82, 2.24) is 0 Å². The summed E-state index contributed by atoms with van der Waals surface area (Å²) >= 11 is 7.08. The van der Waals surface area contributed by atoms with E-state index in [9.17, 15) is 14.9 Å². The van der Waals surface area contributed by atoms with Crippen LogP contribution in [0.5, 0.6) is 0 Å². The molecule has 0 aromatic heterocycles. The topological polar surface area (TPSA) is 60.2 Å². The van der Waals surface area contributed by atoms with E-state index in [1.165, 1.54) is 0 Å². The predicted octanol–water partition coefficient (Wildman–Crippen LogP) is 2.89. The highest BCUT2D eigenvalue weighted by Crippen LogP contribution is 2.29. The average molecular weight is 325 g/mol. The first-order valence-corrected chi connectivity index (χ1v) is 5.04. The Kier molecular flexibility index (Phi) is 3.43. The number of carbonyl (C=O) groups is 1. The van der Waals surface area contributed by atoms with E-state index in [0.29, 0.717) is 9.13 Å². The molecule has 0 saturated carbocycles. The van der Waals surface area contributed by atoms with Crippen LogP contribution < -0.4 is 0 Å². The molecule has 6 heteroatoms. The molecule has 74 valence electrons. The lowest BCUT2D eigenvalue weighted by atomic mass is 10.1. The number of nitro benzene ring substituents is 1. The summed E-state index contributed by atoms with van der Waals surface area (Å²) in [6.07, 6.45) is 0. The molecule has 0 spiro atoms. The second-order valence-electron chi connectivity index (χ2n) is 2.62. The fourth-order valence-electron chi connectivity index (χ4n) is 1.09. The Labute approximate surface area is 98.5 Å². The third-order valence-corrected chi connectivity index (χ3v) is 2.78. The fraction of sp³-hybridized carbons (Fsp3) is 0.125. The van der Waals surface area contributed by atoms with Gasteiger partial charge in [0.1, 0.15) is 5.56 Å². The van der Waals surface area contributed by atoms with Crippen LogP contribution in [0, 0.1) is 20.6 Å². The normalized spacial score (nSPS) is 9.93. The van der Waals surface area contributed by atoms with Crippen molar-refractivity contribution in [3.63, 3.8) is 0 Å². The van der Waals surface area contributed by atoms with E-state index >= 15 is 0 Å². The minimum atomic E-state index is -0.798. The highest BCUT2D eigenvalue weighted by Gasteiger charge is 2.24. The van der Waals surface area contributed by atoms with Crippen molar-refractivity contribution in [2.75, 3.05) is 0 Å². The van der Waals surface area contributed by atoms with Crippen molar-refractivity contribution < 1.29 is 9.72 Å². The molecule has 1 rings (SSSR count). The number of halogens is 2. The molecule has 0 aliphatic rings. The summed E-state index contributed by atoms with van der Waals surface area (Å²) in [5, 5.41) is 9.89. The average Bonchev–Trinajstić information content (AvgIpc) is 2.07. The third kappa shape index (κ3) is 2.03. The van der Waals surface area contributed by atoms with Crippen LogP contribution in [0.1, 0.15) is 15.9 Å². The van der Waals surface area contributed by atoms with Crippen molar-refractivity contribution in [3.05, 3.63) is 36.9 Å². The largest absolute Gasteiger partial charge is 0.294 e. The van der Waals surface area contributed by atoms with Gasteiger partial charge in [-0.2, -0.15) is 0 Å². The summed E-state index contributed by atoms with van der Waals surface area (Å²) in [5.74, 6) is 0. The van der Waals surface area contributed by atoms with Gasteiger partial charge in [-0.1, -0.05) is 6.07 Å². The predicted molar refractivity (Wildman–Crippen MR) is 60.7 cm³/mol. The molecule has 0 unspecified atom stereocenters. The van der Waals surface area contributed by atoms with Gasteiger partial charge < -0.3 is 0 Å². The Morgan fingerprint density at radius 3 is 2.50 bits per heavy atom. The molecule has 0 bridgehead atoms. The maximum Gasteiger partial charge on any atom is 0.294 e. The Balaban J connectivity index is 3.58. The first kappa shape index (κ1) is 11.4. The lowest BCUT2D eigenvalue weighted by Crippen LogP contribution is -2.03. The molecule has 0 amide bonds. The Hall–Kier alpha value is -0.690. The Morgan fingerprint density at radius 2 is 2.14 bits per heavy atom. The second kappa shape index (κ2) is 4.22. The number of hydrogen-bond acceptors (Lipinski definition) is 3. The summed E-state index contributed by atoms with van der Waals surface area (Å²) in [5.41, 5.74) is 0.270. The number of rotatable bonds is 2. The van der Waals surface area contributed by atoms with Gasteiger partial charge in [0.05, 0.1) is 8.49 Å². The van der Waals surface area contributed by atoms with Crippen molar-refractivity contribution in [3.8, 4) is 0 Å². The number of nitrogens with zero attached hydrogens (tertiary/aromatic N) is 1. The summed E-state index contributed by atoms with van der Waals surface area (Å²) < 4.78 is 0.405. The van der Waals surface area contributed by atoms with E-state index in [-0.39, 0.29) is 11.3 Å². The molecule has 1 aromatic carbocycles. The molecular formula is C8H5ClINO3. The molecule has 0 heterocycles. The summed E-state index contributed by atoms with van der Waals surface area (Å²) in [4.78, 5) is 21.1. The van der Waals surface area contributed by atoms with Crippen LogP contribution in [0.25, 0.3) is 0 Å². The highest BCUT2D eigenvalue weighted by atomic mass is 127. The van der Waals surface area contributed by atoms with E-state index in [2.05, 4.69) is 0 Å². The molecule has 0 radical (unpaired) electrons. The first-order valence-electron chi connectivity index (χ1n) is 3.58. The number of hydrogen-bond donors (Lipinski definition) is 0. The van der Waals surface area contributed by atoms with Gasteiger partial charge in [0.15, 0.2) is 0 Å². The van der Waals surface area contributed by atoms with Gasteiger partial charge in [-0.3, -0.25) is 14.9 Å². The van der Waals surface area contributed by atoms with Crippen LogP contribution in [0.2, 0.25) is 0 Å². The highest BCUT2D eigenvalue weighted by molar-refractivity contribution is 14.1. The molecule has 0 fully saturated rings. The minimum Gasteiger partial charge on any atom is -0.275 e. The molecule has 0 saturated heterocycles. The fourth-order valence-corrected chi connectivity index (χ4v) is 1.98. The number of nitro groups is 1. The number of benzene rings is 1. The monoisotopic (exact) mass is 325 g/mol. The van der Waals surface area contributed by atoms with Gasteiger partial charge >= 0.3 is 0 Å². The van der Waals surface area contributed by atoms with Crippen molar-refractivity contribution in [1.29, 1.82) is 0 Å². The summed E-state index contributed by atoms with van der Waals surface area (Å²) in [7, 11) is 0. The standard InChI is InChI=1S/C8H5ClINO3/c1-4-2-3-5(10)7(11(13)14)6(4)8(9)12/h2-3H,1H3. The molecular weight excluding hydrogens is 320 g/mol. The van der Waals surface area contributed by atoms with Crippen LogP contribution in [0.15, 0.2) is 12.1 Å². The van der Waals surface area contributed by atoms with E-state index in [4.69, 9.17) is 11.6 Å². The van der Waals surface area contributed by atoms with E-state index in [1.54, 1.807) is 41.6 Å². The van der Waals surface area contributed by atoms with E-state index < -0.39 is 10.2 Å². The lowest BCUT2D eigenvalue weighted by molar-refractivity contribution is -0.386. The molecule has 1 aromatic rings. The smallest absolute Gasteiger partial charge is 0.275 e. The van der Waals surface area contributed by atoms with Gasteiger partial charge in [0.2, 0.25) is 0 Å². The van der Waals surface area contributed by atoms with Crippen LogP contribution in [-0.2, 0) is 0 Å². The minimum absolute atomic E-state index is 0.0245. The molecule has 0 N–H and O–H groups in total. The molecule has 0 atom stereocenters. The quantitative estimate of drug-likeness (QED) is 0.363. The van der Waals surface area contributed by atoms with Crippen LogP contribution in [0.3, 0.4) is 0 Å². The van der Waals surface area contributed by atoms with Crippen LogP contribution in [0.4, 0.5) is 5.69 Å². The second-order valence-corrected chi connectivity index (χ2v) is 4.12. The zero-order chi connectivity index (χ0) is 10.9. The zero-order valence-corrected chi connectivity index (χ0v) is 10.00. The van der Waals surface area contributed by atoms with Crippen LogP contribution in [-0.4, -0.2) is 10.2 Å². The van der Waals surface area contributed by atoms with Gasteiger partial charge in [0.25, 0.3) is 10.9 Å². The van der Waals surface area contributed by atoms with E-state index in [0.717, 1.165) is 0 Å². The van der Waals surface area contributed by atoms with Gasteiger partial charge in [-0.25, -0.2) is 0 Å². The number of carbonyl (C=O) groups excluding carboxylic acids is 1. The third-order valence-electron chi connectivity index (χ3n) is 1.72. The Bertz CT molecular complexity index is 380. The zero-order valence-electron chi connectivity index (χ0n) is 7.08. The maximum atomic E-state index is 11.0. The lowest BCUT2D eigenvalue weighted by Gasteiger charge is -2.03.